The van der Waals surface area contributed by atoms with Crippen molar-refractivity contribution >= 4 is 22.6 Å². The summed E-state index contributed by atoms with van der Waals surface area (Å²) in [7, 11) is 1.70. The first-order valence-corrected chi connectivity index (χ1v) is 8.86. The lowest BCUT2D eigenvalue weighted by molar-refractivity contribution is 0.0694. The van der Waals surface area contributed by atoms with Crippen LogP contribution in [0.4, 0.5) is 10.1 Å². The number of nitrogens with two attached hydrogens (primary N) is 1. The van der Waals surface area contributed by atoms with E-state index in [-0.39, 0.29) is 17.9 Å². The normalized spacial score (nSPS) is 17.3. The maximum atomic E-state index is 15.0. The fourth-order valence-electron chi connectivity index (χ4n) is 3.86. The largest absolute Gasteiger partial charge is 0.477 e. The van der Waals surface area contributed by atoms with Crippen molar-refractivity contribution < 1.29 is 19.0 Å². The van der Waals surface area contributed by atoms with Crippen molar-refractivity contribution in [3.63, 3.8) is 0 Å². The maximum absolute atomic E-state index is 15.0. The number of pyridine rings is 1. The molecule has 144 valence electrons. The first-order valence-electron chi connectivity index (χ1n) is 8.86. The predicted octanol–water partition coefficient (Wildman–Crippen LogP) is 0.932. The number of rotatable bonds is 3. The first-order chi connectivity index (χ1) is 12.9. The highest BCUT2D eigenvalue weighted by Gasteiger charge is 2.30. The SMILES string of the molecule is CN1COc2c(N3CCC(CN)CC3)c(F)cc3c(=O)c(C(=O)O)cn1c23. The fraction of sp³-hybridized carbons (Fsp3) is 0.444. The monoisotopic (exact) mass is 376 g/mol. The average molecular weight is 376 g/mol. The van der Waals surface area contributed by atoms with Gasteiger partial charge in [0.2, 0.25) is 5.43 Å². The summed E-state index contributed by atoms with van der Waals surface area (Å²) in [5.74, 6) is -1.23. The van der Waals surface area contributed by atoms with Crippen LogP contribution < -0.4 is 25.8 Å². The minimum atomic E-state index is -1.35. The third-order valence-corrected chi connectivity index (χ3v) is 5.41. The molecule has 8 nitrogen and oxygen atoms in total. The molecular formula is C18H21FN4O4. The average Bonchev–Trinajstić information content (AvgIpc) is 2.66. The van der Waals surface area contributed by atoms with Gasteiger partial charge >= 0.3 is 5.97 Å². The van der Waals surface area contributed by atoms with E-state index in [1.165, 1.54) is 6.20 Å². The third kappa shape index (κ3) is 2.69. The van der Waals surface area contributed by atoms with E-state index in [1.54, 1.807) is 16.7 Å². The van der Waals surface area contributed by atoms with Crippen molar-refractivity contribution in [3.8, 4) is 5.75 Å². The zero-order chi connectivity index (χ0) is 19.3. The molecule has 0 aliphatic carbocycles. The Labute approximate surface area is 154 Å². The molecule has 3 heterocycles. The topological polar surface area (TPSA) is 101 Å². The second kappa shape index (κ2) is 6.41. The van der Waals surface area contributed by atoms with Gasteiger partial charge in [-0.15, -0.1) is 0 Å². The number of nitrogens with zero attached hydrogens (tertiary/aromatic N) is 3. The summed E-state index contributed by atoms with van der Waals surface area (Å²) < 4.78 is 22.4. The maximum Gasteiger partial charge on any atom is 0.341 e. The summed E-state index contributed by atoms with van der Waals surface area (Å²) in [6, 6.07) is 1.12. The lowest BCUT2D eigenvalue weighted by atomic mass is 9.96. The number of piperidine rings is 1. The Balaban J connectivity index is 1.94. The van der Waals surface area contributed by atoms with Gasteiger partial charge in [0.1, 0.15) is 16.8 Å². The quantitative estimate of drug-likeness (QED) is 0.822. The van der Waals surface area contributed by atoms with Gasteiger partial charge in [-0.3, -0.25) is 14.5 Å². The molecule has 9 heteroatoms. The van der Waals surface area contributed by atoms with Gasteiger partial charge in [-0.1, -0.05) is 0 Å². The highest BCUT2D eigenvalue weighted by Crippen LogP contribution is 2.41. The van der Waals surface area contributed by atoms with Gasteiger partial charge < -0.3 is 20.5 Å². The zero-order valence-electron chi connectivity index (χ0n) is 14.9. The second-order valence-electron chi connectivity index (χ2n) is 7.05. The lowest BCUT2D eigenvalue weighted by Crippen LogP contribution is -2.41. The highest BCUT2D eigenvalue weighted by molar-refractivity contribution is 5.97. The van der Waals surface area contributed by atoms with Gasteiger partial charge in [-0.05, 0) is 31.4 Å². The Kier molecular flexibility index (Phi) is 4.18. The van der Waals surface area contributed by atoms with Crippen LogP contribution in [0.15, 0.2) is 17.1 Å². The Morgan fingerprint density at radius 2 is 2.11 bits per heavy atom. The Morgan fingerprint density at radius 1 is 1.41 bits per heavy atom. The molecule has 0 bridgehead atoms. The van der Waals surface area contributed by atoms with Crippen LogP contribution in [0.1, 0.15) is 23.2 Å². The molecule has 4 rings (SSSR count). The third-order valence-electron chi connectivity index (χ3n) is 5.41. The number of hydrogen-bond donors (Lipinski definition) is 2. The van der Waals surface area contributed by atoms with Crippen molar-refractivity contribution in [1.82, 2.24) is 4.68 Å². The first kappa shape index (κ1) is 17.6. The molecule has 0 unspecified atom stereocenters. The lowest BCUT2D eigenvalue weighted by Gasteiger charge is -2.37. The zero-order valence-corrected chi connectivity index (χ0v) is 14.9. The van der Waals surface area contributed by atoms with Crippen molar-refractivity contribution in [2.75, 3.05) is 43.3 Å². The van der Waals surface area contributed by atoms with E-state index in [0.29, 0.717) is 36.8 Å². The molecule has 2 aromatic rings. The van der Waals surface area contributed by atoms with E-state index in [4.69, 9.17) is 10.5 Å². The van der Waals surface area contributed by atoms with Crippen molar-refractivity contribution in [2.45, 2.75) is 12.8 Å². The summed E-state index contributed by atoms with van der Waals surface area (Å²) in [6.07, 6.45) is 2.98. The number of carboxylic acids is 1. The molecule has 0 amide bonds. The van der Waals surface area contributed by atoms with E-state index in [0.717, 1.165) is 18.9 Å². The molecular weight excluding hydrogens is 355 g/mol. The van der Waals surface area contributed by atoms with Crippen LogP contribution in [-0.4, -0.2) is 49.2 Å². The van der Waals surface area contributed by atoms with Gasteiger partial charge in [0, 0.05) is 26.3 Å². The van der Waals surface area contributed by atoms with Crippen LogP contribution in [0.2, 0.25) is 0 Å². The molecule has 1 fully saturated rings. The molecule has 0 atom stereocenters. The molecule has 1 aromatic heterocycles. The minimum Gasteiger partial charge on any atom is -0.477 e. The van der Waals surface area contributed by atoms with E-state index in [2.05, 4.69) is 0 Å². The van der Waals surface area contributed by atoms with Gasteiger partial charge in [0.15, 0.2) is 18.3 Å². The Morgan fingerprint density at radius 3 is 2.74 bits per heavy atom. The van der Waals surface area contributed by atoms with E-state index in [1.807, 2.05) is 4.90 Å². The number of hydrogen-bond acceptors (Lipinski definition) is 6. The number of benzene rings is 1. The van der Waals surface area contributed by atoms with E-state index >= 15 is 4.39 Å². The standard InChI is InChI=1S/C18H21FN4O4/c1-21-9-27-17-14-11(16(24)12(18(25)26)8-23(14)21)6-13(19)15(17)22-4-2-10(7-20)3-5-22/h6,8,10H,2-5,7,9,20H2,1H3,(H,25,26). The number of aromatic nitrogens is 1. The smallest absolute Gasteiger partial charge is 0.341 e. The van der Waals surface area contributed by atoms with Crippen LogP contribution in [0.25, 0.3) is 10.9 Å². The summed E-state index contributed by atoms with van der Waals surface area (Å²) in [4.78, 5) is 25.9. The Bertz CT molecular complexity index is 982. The van der Waals surface area contributed by atoms with Gasteiger partial charge in [-0.25, -0.2) is 9.18 Å². The van der Waals surface area contributed by atoms with Crippen LogP contribution in [-0.2, 0) is 0 Å². The van der Waals surface area contributed by atoms with E-state index in [9.17, 15) is 14.7 Å². The van der Waals surface area contributed by atoms with Gasteiger partial charge in [-0.2, -0.15) is 0 Å². The van der Waals surface area contributed by atoms with Crippen molar-refractivity contribution in [2.24, 2.45) is 11.7 Å². The second-order valence-corrected chi connectivity index (χ2v) is 7.05. The van der Waals surface area contributed by atoms with Crippen molar-refractivity contribution in [1.29, 1.82) is 0 Å². The number of aromatic carboxylic acids is 1. The van der Waals surface area contributed by atoms with Crippen LogP contribution in [0, 0.1) is 11.7 Å². The van der Waals surface area contributed by atoms with Gasteiger partial charge in [0.05, 0.1) is 5.39 Å². The summed E-state index contributed by atoms with van der Waals surface area (Å²) in [6.45, 7) is 2.02. The van der Waals surface area contributed by atoms with Gasteiger partial charge in [0.25, 0.3) is 0 Å². The minimum absolute atomic E-state index is 0.00505. The van der Waals surface area contributed by atoms with Crippen LogP contribution in [0.3, 0.4) is 0 Å². The van der Waals surface area contributed by atoms with Crippen LogP contribution in [0.5, 0.6) is 5.75 Å². The number of anilines is 1. The summed E-state index contributed by atoms with van der Waals surface area (Å²) >= 11 is 0. The summed E-state index contributed by atoms with van der Waals surface area (Å²) in [5, 5.41) is 10.9. The summed E-state index contributed by atoms with van der Waals surface area (Å²) in [5.41, 5.74) is 5.32. The number of halogens is 1. The molecule has 27 heavy (non-hydrogen) atoms. The van der Waals surface area contributed by atoms with E-state index < -0.39 is 22.8 Å². The molecule has 1 aromatic carbocycles. The predicted molar refractivity (Wildman–Crippen MR) is 98.8 cm³/mol. The number of ether oxygens (including phenoxy) is 1. The van der Waals surface area contributed by atoms with Crippen LogP contribution >= 0.6 is 0 Å². The molecule has 0 radical (unpaired) electrons. The molecule has 0 saturated carbocycles. The molecule has 0 spiro atoms. The highest BCUT2D eigenvalue weighted by atomic mass is 19.1. The molecule has 1 saturated heterocycles. The molecule has 2 aliphatic rings. The Hall–Kier alpha value is -2.81. The molecule has 3 N–H and O–H groups in total. The number of carbonyl (C=O) groups is 1. The fourth-order valence-corrected chi connectivity index (χ4v) is 3.86. The van der Waals surface area contributed by atoms with Crippen molar-refractivity contribution in [3.05, 3.63) is 33.9 Å². The molecule has 2 aliphatic heterocycles. The number of carboxylic acid groups (broad SMARTS) is 1.